The number of hydrogen-bond acceptors (Lipinski definition) is 4. The second-order valence-corrected chi connectivity index (χ2v) is 4.80. The highest BCUT2D eigenvalue weighted by atomic mass is 16.4. The monoisotopic (exact) mass is 263 g/mol. The van der Waals surface area contributed by atoms with Crippen LogP contribution in [0.3, 0.4) is 0 Å². The van der Waals surface area contributed by atoms with Gasteiger partial charge in [0.2, 0.25) is 5.91 Å². The molecule has 1 aliphatic heterocycles. The molecule has 0 aromatic carbocycles. The fourth-order valence-electron chi connectivity index (χ4n) is 2.48. The standard InChI is InChI=1S/C13H17N3O3/c14-12(17)7-9-2-5-16(6-3-9)11-8-15-4-1-10(11)13(18)19/h1,4,8-9H,2-3,5-7H2,(H2,14,17)(H,18,19). The third-order valence-corrected chi connectivity index (χ3v) is 3.48. The van der Waals surface area contributed by atoms with Gasteiger partial charge >= 0.3 is 5.97 Å². The second-order valence-electron chi connectivity index (χ2n) is 4.80. The van der Waals surface area contributed by atoms with Crippen LogP contribution in [0.25, 0.3) is 0 Å². The summed E-state index contributed by atoms with van der Waals surface area (Å²) in [5.74, 6) is -0.915. The molecular formula is C13H17N3O3. The molecule has 2 rings (SSSR count). The van der Waals surface area contributed by atoms with Gasteiger partial charge < -0.3 is 15.7 Å². The number of carboxylic acids is 1. The van der Waals surface area contributed by atoms with E-state index in [4.69, 9.17) is 10.8 Å². The lowest BCUT2D eigenvalue weighted by atomic mass is 9.93. The Labute approximate surface area is 111 Å². The Morgan fingerprint density at radius 1 is 1.42 bits per heavy atom. The van der Waals surface area contributed by atoms with Gasteiger partial charge in [0.1, 0.15) is 0 Å². The third-order valence-electron chi connectivity index (χ3n) is 3.48. The quantitative estimate of drug-likeness (QED) is 0.840. The summed E-state index contributed by atoms with van der Waals surface area (Å²) in [6, 6.07) is 1.51. The highest BCUT2D eigenvalue weighted by Crippen LogP contribution is 2.27. The lowest BCUT2D eigenvalue weighted by Crippen LogP contribution is -2.36. The van der Waals surface area contributed by atoms with Crippen LogP contribution in [-0.4, -0.2) is 35.1 Å². The van der Waals surface area contributed by atoms with Crippen LogP contribution in [0.4, 0.5) is 5.69 Å². The maximum absolute atomic E-state index is 11.2. The molecule has 0 radical (unpaired) electrons. The molecule has 0 saturated carbocycles. The summed E-state index contributed by atoms with van der Waals surface area (Å²) < 4.78 is 0. The molecule has 1 aromatic rings. The third kappa shape index (κ3) is 3.21. The number of nitrogens with zero attached hydrogens (tertiary/aromatic N) is 2. The number of nitrogens with two attached hydrogens (primary N) is 1. The number of carbonyl (C=O) groups is 2. The number of primary amides is 1. The number of hydrogen-bond donors (Lipinski definition) is 2. The van der Waals surface area contributed by atoms with Crippen molar-refractivity contribution in [2.24, 2.45) is 11.7 Å². The average molecular weight is 263 g/mol. The molecular weight excluding hydrogens is 246 g/mol. The van der Waals surface area contributed by atoms with Crippen LogP contribution < -0.4 is 10.6 Å². The van der Waals surface area contributed by atoms with Crippen LogP contribution in [-0.2, 0) is 4.79 Å². The molecule has 0 atom stereocenters. The molecule has 1 amide bonds. The maximum Gasteiger partial charge on any atom is 0.337 e. The number of rotatable bonds is 4. The van der Waals surface area contributed by atoms with Gasteiger partial charge in [-0.1, -0.05) is 0 Å². The number of amides is 1. The summed E-state index contributed by atoms with van der Waals surface area (Å²) >= 11 is 0. The molecule has 0 unspecified atom stereocenters. The first kappa shape index (κ1) is 13.3. The van der Waals surface area contributed by atoms with Crippen molar-refractivity contribution in [1.82, 2.24) is 4.98 Å². The molecule has 1 fully saturated rings. The summed E-state index contributed by atoms with van der Waals surface area (Å²) in [6.45, 7) is 1.45. The Balaban J connectivity index is 2.05. The highest BCUT2D eigenvalue weighted by Gasteiger charge is 2.23. The van der Waals surface area contributed by atoms with E-state index in [1.807, 2.05) is 4.90 Å². The van der Waals surface area contributed by atoms with Gasteiger partial charge in [0.15, 0.2) is 0 Å². The van der Waals surface area contributed by atoms with Crippen molar-refractivity contribution in [2.75, 3.05) is 18.0 Å². The van der Waals surface area contributed by atoms with E-state index in [1.165, 1.54) is 12.3 Å². The lowest BCUT2D eigenvalue weighted by Gasteiger charge is -2.33. The molecule has 1 aromatic heterocycles. The summed E-state index contributed by atoms with van der Waals surface area (Å²) in [5.41, 5.74) is 6.11. The van der Waals surface area contributed by atoms with E-state index in [0.717, 1.165) is 25.9 Å². The van der Waals surface area contributed by atoms with Crippen LogP contribution in [0.1, 0.15) is 29.6 Å². The lowest BCUT2D eigenvalue weighted by molar-refractivity contribution is -0.119. The number of aromatic carboxylic acids is 1. The van der Waals surface area contributed by atoms with Crippen molar-refractivity contribution in [3.05, 3.63) is 24.0 Å². The van der Waals surface area contributed by atoms with Gasteiger partial charge in [-0.2, -0.15) is 0 Å². The van der Waals surface area contributed by atoms with Crippen LogP contribution in [0.15, 0.2) is 18.5 Å². The first-order valence-corrected chi connectivity index (χ1v) is 6.28. The minimum atomic E-state index is -0.948. The molecule has 1 aliphatic rings. The Bertz CT molecular complexity index is 482. The van der Waals surface area contributed by atoms with Crippen molar-refractivity contribution in [3.63, 3.8) is 0 Å². The first-order chi connectivity index (χ1) is 9.08. The van der Waals surface area contributed by atoms with Crippen LogP contribution in [0.2, 0.25) is 0 Å². The maximum atomic E-state index is 11.2. The van der Waals surface area contributed by atoms with E-state index in [1.54, 1.807) is 6.20 Å². The van der Waals surface area contributed by atoms with E-state index in [9.17, 15) is 9.59 Å². The number of carboxylic acid groups (broad SMARTS) is 1. The van der Waals surface area contributed by atoms with E-state index in [0.29, 0.717) is 18.0 Å². The minimum absolute atomic E-state index is 0.267. The van der Waals surface area contributed by atoms with Crippen molar-refractivity contribution < 1.29 is 14.7 Å². The van der Waals surface area contributed by atoms with Crippen LogP contribution >= 0.6 is 0 Å². The Kier molecular flexibility index (Phi) is 3.99. The highest BCUT2D eigenvalue weighted by molar-refractivity contribution is 5.94. The summed E-state index contributed by atoms with van der Waals surface area (Å²) in [7, 11) is 0. The predicted octanol–water partition coefficient (Wildman–Crippen LogP) is 0.872. The van der Waals surface area contributed by atoms with Crippen molar-refractivity contribution in [2.45, 2.75) is 19.3 Å². The first-order valence-electron chi connectivity index (χ1n) is 6.28. The molecule has 3 N–H and O–H groups in total. The Morgan fingerprint density at radius 2 is 2.11 bits per heavy atom. The number of anilines is 1. The average Bonchev–Trinajstić information content (AvgIpc) is 2.39. The smallest absolute Gasteiger partial charge is 0.337 e. The van der Waals surface area contributed by atoms with Crippen molar-refractivity contribution in [3.8, 4) is 0 Å². The largest absolute Gasteiger partial charge is 0.478 e. The van der Waals surface area contributed by atoms with Gasteiger partial charge in [0, 0.05) is 25.7 Å². The number of pyridine rings is 1. The predicted molar refractivity (Wildman–Crippen MR) is 69.9 cm³/mol. The van der Waals surface area contributed by atoms with Crippen LogP contribution in [0.5, 0.6) is 0 Å². The zero-order valence-corrected chi connectivity index (χ0v) is 10.6. The van der Waals surface area contributed by atoms with E-state index < -0.39 is 5.97 Å². The molecule has 0 aliphatic carbocycles. The van der Waals surface area contributed by atoms with Crippen LogP contribution in [0, 0.1) is 5.92 Å². The summed E-state index contributed by atoms with van der Waals surface area (Å²) in [5, 5.41) is 9.15. The molecule has 6 heteroatoms. The molecule has 102 valence electrons. The second kappa shape index (κ2) is 5.69. The number of aromatic nitrogens is 1. The molecule has 6 nitrogen and oxygen atoms in total. The van der Waals surface area contributed by atoms with Gasteiger partial charge in [-0.3, -0.25) is 9.78 Å². The fraction of sp³-hybridized carbons (Fsp3) is 0.462. The van der Waals surface area contributed by atoms with Gasteiger partial charge in [0.05, 0.1) is 17.4 Å². The molecule has 0 bridgehead atoms. The van der Waals surface area contributed by atoms with E-state index in [2.05, 4.69) is 4.98 Å². The Hall–Kier alpha value is -2.11. The van der Waals surface area contributed by atoms with E-state index >= 15 is 0 Å². The fourth-order valence-corrected chi connectivity index (χ4v) is 2.48. The molecule has 19 heavy (non-hydrogen) atoms. The molecule has 0 spiro atoms. The van der Waals surface area contributed by atoms with E-state index in [-0.39, 0.29) is 11.5 Å². The normalized spacial score (nSPS) is 16.3. The SMILES string of the molecule is NC(=O)CC1CCN(c2cnccc2C(=O)O)CC1. The number of carbonyl (C=O) groups excluding carboxylic acids is 1. The molecule has 1 saturated heterocycles. The Morgan fingerprint density at radius 3 is 2.68 bits per heavy atom. The van der Waals surface area contributed by atoms with Gasteiger partial charge in [-0.15, -0.1) is 0 Å². The zero-order chi connectivity index (χ0) is 13.8. The van der Waals surface area contributed by atoms with Gasteiger partial charge in [-0.05, 0) is 24.8 Å². The van der Waals surface area contributed by atoms with Gasteiger partial charge in [0.25, 0.3) is 0 Å². The minimum Gasteiger partial charge on any atom is -0.478 e. The summed E-state index contributed by atoms with van der Waals surface area (Å²) in [4.78, 5) is 28.0. The zero-order valence-electron chi connectivity index (χ0n) is 10.6. The topological polar surface area (TPSA) is 96.5 Å². The van der Waals surface area contributed by atoms with Crippen molar-refractivity contribution >= 4 is 17.6 Å². The van der Waals surface area contributed by atoms with Gasteiger partial charge in [-0.25, -0.2) is 4.79 Å². The number of piperidine rings is 1. The summed E-state index contributed by atoms with van der Waals surface area (Å²) in [6.07, 6.45) is 5.16. The van der Waals surface area contributed by atoms with Crippen molar-refractivity contribution in [1.29, 1.82) is 0 Å². The molecule has 2 heterocycles.